The van der Waals surface area contributed by atoms with Gasteiger partial charge in [0, 0.05) is 6.04 Å². The Morgan fingerprint density at radius 2 is 1.84 bits per heavy atom. The fourth-order valence-electron chi connectivity index (χ4n) is 2.70. The van der Waals surface area contributed by atoms with E-state index in [1.54, 1.807) is 12.1 Å². The molecule has 0 amide bonds. The van der Waals surface area contributed by atoms with Gasteiger partial charge in [-0.3, -0.25) is 0 Å². The second kappa shape index (κ2) is 7.01. The molecule has 1 fully saturated rings. The van der Waals surface area contributed by atoms with Gasteiger partial charge >= 0.3 is 0 Å². The molecule has 3 heteroatoms. The molecule has 0 spiro atoms. The molecule has 2 unspecified atom stereocenters. The maximum atomic E-state index is 13.0. The summed E-state index contributed by atoms with van der Waals surface area (Å²) in [7, 11) is 0. The molecule has 0 bridgehead atoms. The van der Waals surface area contributed by atoms with Crippen molar-refractivity contribution in [3.63, 3.8) is 0 Å². The average molecular weight is 265 g/mol. The lowest BCUT2D eigenvalue weighted by Crippen LogP contribution is -2.33. The molecule has 2 rings (SSSR count). The lowest BCUT2D eigenvalue weighted by atomic mass is 9.96. The largest absolute Gasteiger partial charge is 0.369 e. The third-order valence-corrected chi connectivity index (χ3v) is 3.95. The Morgan fingerprint density at radius 1 is 1.21 bits per heavy atom. The van der Waals surface area contributed by atoms with E-state index in [4.69, 9.17) is 10.5 Å². The molecular formula is C16H24FNO. The zero-order chi connectivity index (χ0) is 13.7. The van der Waals surface area contributed by atoms with Crippen LogP contribution in [0.2, 0.25) is 0 Å². The molecule has 1 aromatic rings. The van der Waals surface area contributed by atoms with Crippen LogP contribution < -0.4 is 5.73 Å². The molecule has 2 N–H and O–H groups in total. The van der Waals surface area contributed by atoms with Crippen molar-refractivity contribution in [3.05, 3.63) is 35.6 Å². The highest BCUT2D eigenvalue weighted by atomic mass is 19.1. The van der Waals surface area contributed by atoms with Crippen LogP contribution in [-0.2, 0) is 4.74 Å². The van der Waals surface area contributed by atoms with Gasteiger partial charge in [-0.1, -0.05) is 38.3 Å². The van der Waals surface area contributed by atoms with Gasteiger partial charge in [-0.05, 0) is 37.0 Å². The smallest absolute Gasteiger partial charge is 0.123 e. The number of hydrogen-bond acceptors (Lipinski definition) is 2. The van der Waals surface area contributed by atoms with Crippen molar-refractivity contribution < 1.29 is 9.13 Å². The number of hydrogen-bond donors (Lipinski definition) is 1. The predicted molar refractivity (Wildman–Crippen MR) is 75.4 cm³/mol. The number of rotatable bonds is 5. The molecular weight excluding hydrogens is 241 g/mol. The first-order chi connectivity index (χ1) is 9.20. The van der Waals surface area contributed by atoms with Gasteiger partial charge in [-0.25, -0.2) is 4.39 Å². The molecule has 2 atom stereocenters. The van der Waals surface area contributed by atoms with E-state index in [-0.39, 0.29) is 18.0 Å². The summed E-state index contributed by atoms with van der Waals surface area (Å²) >= 11 is 0. The minimum absolute atomic E-state index is 0.0348. The Hall–Kier alpha value is -0.930. The molecule has 1 aliphatic carbocycles. The zero-order valence-electron chi connectivity index (χ0n) is 11.6. The van der Waals surface area contributed by atoms with Crippen LogP contribution in [-0.4, -0.2) is 12.1 Å². The topological polar surface area (TPSA) is 35.2 Å². The molecule has 1 saturated carbocycles. The van der Waals surface area contributed by atoms with Crippen LogP contribution in [0.15, 0.2) is 24.3 Å². The summed E-state index contributed by atoms with van der Waals surface area (Å²) in [6.07, 6.45) is 7.07. The van der Waals surface area contributed by atoms with Crippen LogP contribution in [0, 0.1) is 5.82 Å². The molecule has 2 nitrogen and oxygen atoms in total. The monoisotopic (exact) mass is 265 g/mol. The Balaban J connectivity index is 2.08. The molecule has 106 valence electrons. The van der Waals surface area contributed by atoms with E-state index >= 15 is 0 Å². The van der Waals surface area contributed by atoms with Crippen LogP contribution in [0.4, 0.5) is 4.39 Å². The lowest BCUT2D eigenvalue weighted by Gasteiger charge is -2.31. The van der Waals surface area contributed by atoms with Crippen LogP contribution >= 0.6 is 0 Å². The van der Waals surface area contributed by atoms with Gasteiger partial charge in [-0.15, -0.1) is 0 Å². The molecule has 1 aromatic carbocycles. The summed E-state index contributed by atoms with van der Waals surface area (Å²) in [6.45, 7) is 2.06. The van der Waals surface area contributed by atoms with Gasteiger partial charge in [0.2, 0.25) is 0 Å². The quantitative estimate of drug-likeness (QED) is 0.874. The molecule has 0 aromatic heterocycles. The zero-order valence-corrected chi connectivity index (χ0v) is 11.6. The van der Waals surface area contributed by atoms with Crippen LogP contribution in [0.25, 0.3) is 0 Å². The minimum Gasteiger partial charge on any atom is -0.369 e. The highest BCUT2D eigenvalue weighted by molar-refractivity contribution is 5.20. The molecule has 0 heterocycles. The summed E-state index contributed by atoms with van der Waals surface area (Å²) in [5.74, 6) is -0.217. The Kier molecular flexibility index (Phi) is 5.34. The van der Waals surface area contributed by atoms with E-state index in [0.717, 1.165) is 24.8 Å². The van der Waals surface area contributed by atoms with E-state index < -0.39 is 0 Å². The van der Waals surface area contributed by atoms with Crippen molar-refractivity contribution in [3.8, 4) is 0 Å². The minimum atomic E-state index is -0.217. The van der Waals surface area contributed by atoms with Gasteiger partial charge in [0.05, 0.1) is 12.2 Å². The van der Waals surface area contributed by atoms with Gasteiger partial charge < -0.3 is 10.5 Å². The first-order valence-corrected chi connectivity index (χ1v) is 7.37. The highest BCUT2D eigenvalue weighted by Crippen LogP contribution is 2.29. The summed E-state index contributed by atoms with van der Waals surface area (Å²) < 4.78 is 19.2. The molecule has 0 radical (unpaired) electrons. The van der Waals surface area contributed by atoms with E-state index in [9.17, 15) is 4.39 Å². The SMILES string of the molecule is CCC(N)C(OC1CCCCC1)c1ccc(F)cc1. The number of halogens is 1. The van der Waals surface area contributed by atoms with Gasteiger partial charge in [-0.2, -0.15) is 0 Å². The maximum Gasteiger partial charge on any atom is 0.123 e. The van der Waals surface area contributed by atoms with Crippen LogP contribution in [0.5, 0.6) is 0 Å². The normalized spacial score (nSPS) is 20.2. The highest BCUT2D eigenvalue weighted by Gasteiger charge is 2.24. The lowest BCUT2D eigenvalue weighted by molar-refractivity contribution is -0.0437. The second-order valence-electron chi connectivity index (χ2n) is 5.44. The van der Waals surface area contributed by atoms with Gasteiger partial charge in [0.1, 0.15) is 5.82 Å². The number of ether oxygens (including phenoxy) is 1. The van der Waals surface area contributed by atoms with Crippen molar-refractivity contribution >= 4 is 0 Å². The van der Waals surface area contributed by atoms with Crippen molar-refractivity contribution in [2.45, 2.75) is 63.7 Å². The van der Waals surface area contributed by atoms with Crippen molar-refractivity contribution in [1.29, 1.82) is 0 Å². The first kappa shape index (κ1) is 14.5. The van der Waals surface area contributed by atoms with Gasteiger partial charge in [0.15, 0.2) is 0 Å². The summed E-state index contributed by atoms with van der Waals surface area (Å²) in [5.41, 5.74) is 7.17. The maximum absolute atomic E-state index is 13.0. The molecule has 0 aliphatic heterocycles. The summed E-state index contributed by atoms with van der Waals surface area (Å²) in [4.78, 5) is 0. The molecule has 0 saturated heterocycles. The standard InChI is InChI=1S/C16H24FNO/c1-2-15(18)16(12-8-10-13(17)11-9-12)19-14-6-4-3-5-7-14/h8-11,14-16H,2-7,18H2,1H3. The Bertz CT molecular complexity index is 373. The van der Waals surface area contributed by atoms with E-state index in [0.29, 0.717) is 6.10 Å². The van der Waals surface area contributed by atoms with E-state index in [2.05, 4.69) is 6.92 Å². The van der Waals surface area contributed by atoms with E-state index in [1.165, 1.54) is 31.4 Å². The van der Waals surface area contributed by atoms with Crippen LogP contribution in [0.1, 0.15) is 57.1 Å². The second-order valence-corrected chi connectivity index (χ2v) is 5.44. The van der Waals surface area contributed by atoms with E-state index in [1.807, 2.05) is 0 Å². The van der Waals surface area contributed by atoms with Crippen molar-refractivity contribution in [1.82, 2.24) is 0 Å². The Labute approximate surface area is 115 Å². The summed E-state index contributed by atoms with van der Waals surface area (Å²) in [5, 5.41) is 0. The third-order valence-electron chi connectivity index (χ3n) is 3.95. The summed E-state index contributed by atoms with van der Waals surface area (Å²) in [6, 6.07) is 6.51. The fraction of sp³-hybridized carbons (Fsp3) is 0.625. The average Bonchev–Trinajstić information content (AvgIpc) is 2.46. The Morgan fingerprint density at radius 3 is 2.42 bits per heavy atom. The predicted octanol–water partition coefficient (Wildman–Crippen LogP) is 3.95. The molecule has 19 heavy (non-hydrogen) atoms. The van der Waals surface area contributed by atoms with Crippen LogP contribution in [0.3, 0.4) is 0 Å². The first-order valence-electron chi connectivity index (χ1n) is 7.37. The fourth-order valence-corrected chi connectivity index (χ4v) is 2.70. The third kappa shape index (κ3) is 4.02. The van der Waals surface area contributed by atoms with Crippen molar-refractivity contribution in [2.24, 2.45) is 5.73 Å². The molecule has 1 aliphatic rings. The number of benzene rings is 1. The number of nitrogens with two attached hydrogens (primary N) is 1. The van der Waals surface area contributed by atoms with Gasteiger partial charge in [0.25, 0.3) is 0 Å². The van der Waals surface area contributed by atoms with Crippen molar-refractivity contribution in [2.75, 3.05) is 0 Å².